The summed E-state index contributed by atoms with van der Waals surface area (Å²) < 4.78 is 51.2. The summed E-state index contributed by atoms with van der Waals surface area (Å²) in [5.41, 5.74) is 0.957. The minimum atomic E-state index is -3.68. The van der Waals surface area contributed by atoms with Gasteiger partial charge in [-0.2, -0.15) is 0 Å². The summed E-state index contributed by atoms with van der Waals surface area (Å²) in [5.74, 6) is -0.292. The highest BCUT2D eigenvalue weighted by Crippen LogP contribution is 2.12. The minimum absolute atomic E-state index is 0.114. The third kappa shape index (κ3) is 5.49. The molecule has 0 saturated carbocycles. The number of halogens is 1. The average molecular weight is 385 g/mol. The standard InChI is InChI=1S/C11H17BrN2O4S2/c1-2-13-19(15,16)8-7-14-20(17,18)11-5-3-10(9-12)4-6-11/h3-6,13-14H,2,7-9H2,1H3. The van der Waals surface area contributed by atoms with E-state index in [9.17, 15) is 16.8 Å². The summed E-state index contributed by atoms with van der Waals surface area (Å²) in [4.78, 5) is 0.114. The molecule has 0 aliphatic carbocycles. The second-order valence-corrected chi connectivity index (χ2v) is 8.25. The Hall–Kier alpha value is -0.480. The van der Waals surface area contributed by atoms with Crippen LogP contribution >= 0.6 is 15.9 Å². The van der Waals surface area contributed by atoms with E-state index in [1.165, 1.54) is 12.1 Å². The first-order valence-electron chi connectivity index (χ1n) is 5.92. The monoisotopic (exact) mass is 384 g/mol. The number of rotatable bonds is 8. The third-order valence-electron chi connectivity index (χ3n) is 2.42. The molecule has 6 nitrogen and oxygen atoms in total. The fraction of sp³-hybridized carbons (Fsp3) is 0.455. The number of hydrogen-bond acceptors (Lipinski definition) is 4. The Morgan fingerprint density at radius 3 is 2.15 bits per heavy atom. The molecule has 0 radical (unpaired) electrons. The fourth-order valence-electron chi connectivity index (χ4n) is 1.44. The van der Waals surface area contributed by atoms with Crippen LogP contribution in [-0.4, -0.2) is 35.7 Å². The Kier molecular flexibility index (Phi) is 6.59. The predicted octanol–water partition coefficient (Wildman–Crippen LogP) is 0.799. The van der Waals surface area contributed by atoms with Gasteiger partial charge in [0.05, 0.1) is 10.6 Å². The van der Waals surface area contributed by atoms with Gasteiger partial charge in [-0.15, -0.1) is 0 Å². The molecule has 0 saturated heterocycles. The third-order valence-corrected chi connectivity index (χ3v) is 6.01. The predicted molar refractivity (Wildman–Crippen MR) is 81.7 cm³/mol. The summed E-state index contributed by atoms with van der Waals surface area (Å²) >= 11 is 3.27. The van der Waals surface area contributed by atoms with Gasteiger partial charge in [-0.1, -0.05) is 35.0 Å². The molecule has 0 heterocycles. The Labute approximate surface area is 128 Å². The summed E-state index contributed by atoms with van der Waals surface area (Å²) in [5, 5.41) is 0.641. The van der Waals surface area contributed by atoms with E-state index in [0.29, 0.717) is 5.33 Å². The lowest BCUT2D eigenvalue weighted by Gasteiger charge is -2.08. The molecule has 114 valence electrons. The number of sulfonamides is 2. The van der Waals surface area contributed by atoms with Crippen molar-refractivity contribution in [3.63, 3.8) is 0 Å². The van der Waals surface area contributed by atoms with Crippen molar-refractivity contribution in [3.05, 3.63) is 29.8 Å². The van der Waals surface area contributed by atoms with Crippen LogP contribution in [0.5, 0.6) is 0 Å². The van der Waals surface area contributed by atoms with Crippen molar-refractivity contribution in [2.45, 2.75) is 17.1 Å². The summed E-state index contributed by atoms with van der Waals surface area (Å²) in [6, 6.07) is 6.35. The Bertz CT molecular complexity index is 627. The van der Waals surface area contributed by atoms with Gasteiger partial charge in [0.25, 0.3) is 0 Å². The number of nitrogens with one attached hydrogen (secondary N) is 2. The van der Waals surface area contributed by atoms with Crippen LogP contribution in [0.4, 0.5) is 0 Å². The molecule has 9 heteroatoms. The van der Waals surface area contributed by atoms with Crippen molar-refractivity contribution in [2.75, 3.05) is 18.8 Å². The van der Waals surface area contributed by atoms with Gasteiger partial charge < -0.3 is 0 Å². The molecular weight excluding hydrogens is 368 g/mol. The smallest absolute Gasteiger partial charge is 0.215 e. The number of alkyl halides is 1. The zero-order valence-electron chi connectivity index (χ0n) is 11.0. The quantitative estimate of drug-likeness (QED) is 0.648. The molecule has 0 unspecified atom stereocenters. The molecule has 20 heavy (non-hydrogen) atoms. The number of hydrogen-bond donors (Lipinski definition) is 2. The van der Waals surface area contributed by atoms with Gasteiger partial charge in [-0.05, 0) is 17.7 Å². The van der Waals surface area contributed by atoms with Gasteiger partial charge in [0.2, 0.25) is 20.0 Å². The van der Waals surface area contributed by atoms with Gasteiger partial charge in [0.15, 0.2) is 0 Å². The van der Waals surface area contributed by atoms with Crippen LogP contribution in [-0.2, 0) is 25.4 Å². The Morgan fingerprint density at radius 2 is 1.65 bits per heavy atom. The van der Waals surface area contributed by atoms with Crippen LogP contribution in [0.15, 0.2) is 29.2 Å². The van der Waals surface area contributed by atoms with Gasteiger partial charge in [-0.3, -0.25) is 0 Å². The Balaban J connectivity index is 2.66. The van der Waals surface area contributed by atoms with Crippen molar-refractivity contribution in [3.8, 4) is 0 Å². The Morgan fingerprint density at radius 1 is 1.05 bits per heavy atom. The molecule has 0 aliphatic rings. The first-order chi connectivity index (χ1) is 9.30. The maximum absolute atomic E-state index is 11.9. The molecule has 0 aromatic heterocycles. The van der Waals surface area contributed by atoms with Crippen molar-refractivity contribution >= 4 is 36.0 Å². The van der Waals surface area contributed by atoms with Crippen LogP contribution in [0.3, 0.4) is 0 Å². The summed E-state index contributed by atoms with van der Waals surface area (Å²) in [6.45, 7) is 1.77. The molecule has 1 aromatic rings. The van der Waals surface area contributed by atoms with Gasteiger partial charge in [0.1, 0.15) is 0 Å². The zero-order valence-corrected chi connectivity index (χ0v) is 14.2. The molecule has 0 amide bonds. The van der Waals surface area contributed by atoms with E-state index in [2.05, 4.69) is 25.4 Å². The number of benzene rings is 1. The summed E-state index contributed by atoms with van der Waals surface area (Å²) in [7, 11) is -7.11. The molecule has 0 atom stereocenters. The first kappa shape index (κ1) is 17.6. The van der Waals surface area contributed by atoms with E-state index < -0.39 is 20.0 Å². The zero-order chi connectivity index (χ0) is 15.2. The topological polar surface area (TPSA) is 92.3 Å². The second kappa shape index (κ2) is 7.51. The molecular formula is C11H17BrN2O4S2. The highest BCUT2D eigenvalue weighted by molar-refractivity contribution is 9.08. The van der Waals surface area contributed by atoms with Crippen molar-refractivity contribution in [2.24, 2.45) is 0 Å². The minimum Gasteiger partial charge on any atom is -0.215 e. The van der Waals surface area contributed by atoms with Crippen molar-refractivity contribution < 1.29 is 16.8 Å². The second-order valence-electron chi connectivity index (χ2n) is 3.99. The van der Waals surface area contributed by atoms with Crippen molar-refractivity contribution in [1.82, 2.24) is 9.44 Å². The lowest BCUT2D eigenvalue weighted by molar-refractivity contribution is 0.576. The first-order valence-corrected chi connectivity index (χ1v) is 10.2. The maximum atomic E-state index is 11.9. The summed E-state index contributed by atoms with van der Waals surface area (Å²) in [6.07, 6.45) is 0. The van der Waals surface area contributed by atoms with Crippen LogP contribution in [0.2, 0.25) is 0 Å². The van der Waals surface area contributed by atoms with Crippen LogP contribution in [0.1, 0.15) is 12.5 Å². The van der Waals surface area contributed by atoms with Crippen LogP contribution in [0.25, 0.3) is 0 Å². The fourth-order valence-corrected chi connectivity index (χ4v) is 3.93. The SMILES string of the molecule is CCNS(=O)(=O)CCNS(=O)(=O)c1ccc(CBr)cc1. The van der Waals surface area contributed by atoms with E-state index in [4.69, 9.17) is 0 Å². The lowest BCUT2D eigenvalue weighted by atomic mass is 10.2. The van der Waals surface area contributed by atoms with E-state index in [1.807, 2.05) is 0 Å². The molecule has 0 fully saturated rings. The molecule has 0 bridgehead atoms. The van der Waals surface area contributed by atoms with E-state index in [1.54, 1.807) is 19.1 Å². The van der Waals surface area contributed by atoms with E-state index in [0.717, 1.165) is 5.56 Å². The normalized spacial score (nSPS) is 12.5. The molecule has 0 spiro atoms. The van der Waals surface area contributed by atoms with Gasteiger partial charge >= 0.3 is 0 Å². The van der Waals surface area contributed by atoms with Gasteiger partial charge in [-0.25, -0.2) is 26.3 Å². The highest BCUT2D eigenvalue weighted by atomic mass is 79.9. The van der Waals surface area contributed by atoms with Crippen molar-refractivity contribution in [1.29, 1.82) is 0 Å². The average Bonchev–Trinajstić information content (AvgIpc) is 2.38. The maximum Gasteiger partial charge on any atom is 0.240 e. The van der Waals surface area contributed by atoms with Crippen LogP contribution in [0, 0.1) is 0 Å². The lowest BCUT2D eigenvalue weighted by Crippen LogP contribution is -2.34. The largest absolute Gasteiger partial charge is 0.240 e. The molecule has 2 N–H and O–H groups in total. The molecule has 1 rings (SSSR count). The highest BCUT2D eigenvalue weighted by Gasteiger charge is 2.15. The molecule has 0 aliphatic heterocycles. The van der Waals surface area contributed by atoms with E-state index in [-0.39, 0.29) is 23.7 Å². The van der Waals surface area contributed by atoms with Gasteiger partial charge in [0, 0.05) is 18.4 Å². The van der Waals surface area contributed by atoms with Crippen LogP contribution < -0.4 is 9.44 Å². The molecule has 1 aromatic carbocycles. The van der Waals surface area contributed by atoms with E-state index >= 15 is 0 Å².